The molecule has 4 aromatic rings. The first kappa shape index (κ1) is 34.2. The molecule has 0 spiro atoms. The van der Waals surface area contributed by atoms with Crippen molar-refractivity contribution < 1.29 is 29.0 Å². The van der Waals surface area contributed by atoms with Crippen molar-refractivity contribution in [3.8, 4) is 22.8 Å². The predicted octanol–water partition coefficient (Wildman–Crippen LogP) is 5.90. The summed E-state index contributed by atoms with van der Waals surface area (Å²) < 4.78 is 12.2. The van der Waals surface area contributed by atoms with Gasteiger partial charge in [-0.2, -0.15) is 0 Å². The lowest BCUT2D eigenvalue weighted by molar-refractivity contribution is -0.145. The summed E-state index contributed by atoms with van der Waals surface area (Å²) in [7, 11) is 1.61. The Bertz CT molecular complexity index is 1920. The Morgan fingerprint density at radius 2 is 1.80 bits per heavy atom. The highest BCUT2D eigenvalue weighted by atomic mass is 16.5. The number of carbonyl (C=O) groups is 3. The standard InChI is InChI=1S/C41H44N4O6/c1-50-30-19-20-32-35(21-30)43-34(28-15-9-6-10-16-28)23-37(32)51-31-22-36-38(46)44-41(40(48)49)24-29(41)17-11-3-2-4-12-18-33(39(47)45(36)26-31)42-25-27-13-7-5-8-14-27/h5-11,13-17,19-21,23,29,31,33,36,42H,2-4,12,18,22,24-26H2,1H3,(H,44,46)(H,48,49)/b17-11-/t29-,31-,33+,36+,41-/m1/s1. The van der Waals surface area contributed by atoms with Gasteiger partial charge in [0, 0.05) is 42.0 Å². The fourth-order valence-corrected chi connectivity index (χ4v) is 7.38. The molecule has 3 aliphatic rings. The SMILES string of the molecule is COc1ccc2c(O[C@@H]3C[C@H]4C(=O)N[C@]5(C(=O)O)C[C@H]5/C=C\CCCCC[C@H](NCc5ccccc5)C(=O)N4C3)cc(-c3ccccc3)nc2c1. The number of nitrogens with one attached hydrogen (secondary N) is 2. The van der Waals surface area contributed by atoms with E-state index in [1.807, 2.05) is 97.1 Å². The van der Waals surface area contributed by atoms with Crippen molar-refractivity contribution in [3.63, 3.8) is 0 Å². The molecule has 7 rings (SSSR count). The molecule has 2 aliphatic heterocycles. The molecule has 2 fully saturated rings. The number of aliphatic carboxylic acids is 1. The van der Waals surface area contributed by atoms with Crippen LogP contribution in [0, 0.1) is 5.92 Å². The van der Waals surface area contributed by atoms with Gasteiger partial charge in [-0.1, -0.05) is 85.7 Å². The molecule has 3 aromatic carbocycles. The number of nitrogens with zero attached hydrogens (tertiary/aromatic N) is 2. The first-order valence-electron chi connectivity index (χ1n) is 17.9. The van der Waals surface area contributed by atoms with Crippen molar-refractivity contribution in [1.29, 1.82) is 0 Å². The topological polar surface area (TPSA) is 130 Å². The van der Waals surface area contributed by atoms with Crippen LogP contribution in [0.4, 0.5) is 0 Å². The van der Waals surface area contributed by atoms with Crippen LogP contribution in [0.25, 0.3) is 22.2 Å². The molecule has 0 bridgehead atoms. The maximum atomic E-state index is 14.5. The maximum absolute atomic E-state index is 14.5. The fraction of sp³-hybridized carbons (Fsp3) is 0.366. The largest absolute Gasteiger partial charge is 0.497 e. The number of hydrogen-bond acceptors (Lipinski definition) is 7. The summed E-state index contributed by atoms with van der Waals surface area (Å²) in [5.41, 5.74) is 2.00. The van der Waals surface area contributed by atoms with Gasteiger partial charge in [0.1, 0.15) is 29.2 Å². The van der Waals surface area contributed by atoms with Crippen molar-refractivity contribution in [2.45, 2.75) is 75.2 Å². The highest BCUT2D eigenvalue weighted by Gasteiger charge is 2.61. The van der Waals surface area contributed by atoms with Gasteiger partial charge < -0.3 is 30.1 Å². The molecular weight excluding hydrogens is 644 g/mol. The number of pyridine rings is 1. The van der Waals surface area contributed by atoms with E-state index in [0.717, 1.165) is 47.9 Å². The van der Waals surface area contributed by atoms with Crippen LogP contribution in [0.3, 0.4) is 0 Å². The molecule has 3 heterocycles. The van der Waals surface area contributed by atoms with Gasteiger partial charge >= 0.3 is 5.97 Å². The van der Waals surface area contributed by atoms with Gasteiger partial charge in [0.15, 0.2) is 0 Å². The van der Waals surface area contributed by atoms with Crippen LogP contribution >= 0.6 is 0 Å². The Kier molecular flexibility index (Phi) is 10.0. The summed E-state index contributed by atoms with van der Waals surface area (Å²) >= 11 is 0. The fourth-order valence-electron chi connectivity index (χ4n) is 7.38. The van der Waals surface area contributed by atoms with Crippen LogP contribution in [0.2, 0.25) is 0 Å². The lowest BCUT2D eigenvalue weighted by Crippen LogP contribution is -2.55. The zero-order valence-electron chi connectivity index (χ0n) is 28.8. The normalized spacial score (nSPS) is 25.9. The molecule has 10 heteroatoms. The molecule has 3 N–H and O–H groups in total. The van der Waals surface area contributed by atoms with Crippen LogP contribution in [-0.4, -0.2) is 70.2 Å². The van der Waals surface area contributed by atoms with Crippen molar-refractivity contribution in [1.82, 2.24) is 20.5 Å². The first-order chi connectivity index (χ1) is 24.8. The van der Waals surface area contributed by atoms with Crippen molar-refractivity contribution in [3.05, 3.63) is 103 Å². The second-order valence-corrected chi connectivity index (χ2v) is 13.8. The summed E-state index contributed by atoms with van der Waals surface area (Å²) in [6.45, 7) is 0.674. The van der Waals surface area contributed by atoms with Gasteiger partial charge in [0.2, 0.25) is 11.8 Å². The van der Waals surface area contributed by atoms with Crippen LogP contribution in [0.15, 0.2) is 97.1 Å². The third-order valence-electron chi connectivity index (χ3n) is 10.4. The van der Waals surface area contributed by atoms with Gasteiger partial charge in [-0.05, 0) is 43.4 Å². The molecular formula is C41H44N4O6. The number of carboxylic acid groups (broad SMARTS) is 1. The molecule has 10 nitrogen and oxygen atoms in total. The van der Waals surface area contributed by atoms with E-state index in [-0.39, 0.29) is 24.8 Å². The molecule has 1 saturated carbocycles. The minimum absolute atomic E-state index is 0.171. The third kappa shape index (κ3) is 7.46. The van der Waals surface area contributed by atoms with E-state index in [1.165, 1.54) is 0 Å². The molecule has 264 valence electrons. The van der Waals surface area contributed by atoms with Gasteiger partial charge in [-0.25, -0.2) is 9.78 Å². The lowest BCUT2D eigenvalue weighted by Gasteiger charge is -2.29. The molecule has 0 radical (unpaired) electrons. The number of carboxylic acids is 1. The zero-order chi connectivity index (χ0) is 35.4. The predicted molar refractivity (Wildman–Crippen MR) is 194 cm³/mol. The molecule has 51 heavy (non-hydrogen) atoms. The number of aromatic nitrogens is 1. The number of carbonyl (C=O) groups excluding carboxylic acids is 2. The van der Waals surface area contributed by atoms with Crippen molar-refractivity contribution in [2.24, 2.45) is 5.92 Å². The molecule has 1 aliphatic carbocycles. The van der Waals surface area contributed by atoms with Gasteiger partial charge in [0.25, 0.3) is 0 Å². The Balaban J connectivity index is 1.21. The Morgan fingerprint density at radius 1 is 1.02 bits per heavy atom. The number of fused-ring (bicyclic) bond motifs is 3. The summed E-state index contributed by atoms with van der Waals surface area (Å²) in [6.07, 6.45) is 8.11. The van der Waals surface area contributed by atoms with Crippen LogP contribution in [-0.2, 0) is 20.9 Å². The van der Waals surface area contributed by atoms with E-state index < -0.39 is 35.6 Å². The van der Waals surface area contributed by atoms with Crippen LogP contribution in [0.5, 0.6) is 11.5 Å². The van der Waals surface area contributed by atoms with Crippen LogP contribution in [0.1, 0.15) is 50.5 Å². The summed E-state index contributed by atoms with van der Waals surface area (Å²) in [4.78, 5) is 47.7. The second-order valence-electron chi connectivity index (χ2n) is 13.8. The number of rotatable bonds is 8. The van der Waals surface area contributed by atoms with E-state index in [0.29, 0.717) is 36.4 Å². The number of amides is 2. The minimum atomic E-state index is -1.38. The molecule has 5 atom stereocenters. The minimum Gasteiger partial charge on any atom is -0.497 e. The molecule has 0 unspecified atom stereocenters. The Morgan fingerprint density at radius 3 is 2.57 bits per heavy atom. The average molecular weight is 689 g/mol. The summed E-state index contributed by atoms with van der Waals surface area (Å²) in [5.74, 6) is -0.772. The molecule has 1 aromatic heterocycles. The number of ether oxygens (including phenoxy) is 2. The van der Waals surface area contributed by atoms with E-state index in [1.54, 1.807) is 12.0 Å². The van der Waals surface area contributed by atoms with Crippen LogP contribution < -0.4 is 20.1 Å². The molecule has 1 saturated heterocycles. The van der Waals surface area contributed by atoms with Gasteiger partial charge in [0.05, 0.1) is 30.9 Å². The number of methoxy groups -OCH3 is 1. The second kappa shape index (κ2) is 14.9. The van der Waals surface area contributed by atoms with Crippen molar-refractivity contribution >= 4 is 28.7 Å². The summed E-state index contributed by atoms with van der Waals surface area (Å²) in [6, 6.07) is 25.8. The van der Waals surface area contributed by atoms with E-state index >= 15 is 0 Å². The van der Waals surface area contributed by atoms with Gasteiger partial charge in [-0.3, -0.25) is 9.59 Å². The first-order valence-corrected chi connectivity index (χ1v) is 17.9. The van der Waals surface area contributed by atoms with Crippen molar-refractivity contribution in [2.75, 3.05) is 13.7 Å². The number of hydrogen-bond donors (Lipinski definition) is 3. The zero-order valence-corrected chi connectivity index (χ0v) is 28.8. The number of benzene rings is 3. The van der Waals surface area contributed by atoms with E-state index in [9.17, 15) is 19.5 Å². The average Bonchev–Trinajstić information content (AvgIpc) is 3.69. The Labute approximate surface area is 297 Å². The maximum Gasteiger partial charge on any atom is 0.330 e. The monoisotopic (exact) mass is 688 g/mol. The molecule has 2 amide bonds. The van der Waals surface area contributed by atoms with E-state index in [2.05, 4.69) is 10.6 Å². The summed E-state index contributed by atoms with van der Waals surface area (Å²) in [5, 5.41) is 17.4. The highest BCUT2D eigenvalue weighted by Crippen LogP contribution is 2.45. The smallest absolute Gasteiger partial charge is 0.330 e. The third-order valence-corrected chi connectivity index (χ3v) is 10.4. The highest BCUT2D eigenvalue weighted by molar-refractivity contribution is 5.96. The number of allylic oxidation sites excluding steroid dienone is 1. The lowest BCUT2D eigenvalue weighted by atomic mass is 10.0. The Hall–Kier alpha value is -5.22. The van der Waals surface area contributed by atoms with Gasteiger partial charge in [-0.15, -0.1) is 0 Å². The van der Waals surface area contributed by atoms with E-state index in [4.69, 9.17) is 14.5 Å². The quantitative estimate of drug-likeness (QED) is 0.195.